The van der Waals surface area contributed by atoms with Crippen molar-refractivity contribution in [1.82, 2.24) is 15.0 Å². The Bertz CT molecular complexity index is 489. The van der Waals surface area contributed by atoms with Gasteiger partial charge in [0.2, 0.25) is 5.95 Å². The molecular weight excluding hydrogens is 284 g/mol. The minimum atomic E-state index is -0.0912. The monoisotopic (exact) mass is 320 g/mol. The van der Waals surface area contributed by atoms with Gasteiger partial charge in [-0.05, 0) is 20.3 Å². The highest BCUT2D eigenvalue weighted by Gasteiger charge is 2.30. The molecule has 132 valence electrons. The molecule has 0 saturated carbocycles. The Morgan fingerprint density at radius 1 is 0.783 bits per heavy atom. The van der Waals surface area contributed by atoms with Crippen LogP contribution in [-0.4, -0.2) is 27.5 Å². The van der Waals surface area contributed by atoms with Crippen molar-refractivity contribution in [3.63, 3.8) is 0 Å². The summed E-state index contributed by atoms with van der Waals surface area (Å²) in [6.45, 7) is 19.7. The Hall–Kier alpha value is -1.19. The van der Waals surface area contributed by atoms with Crippen LogP contribution in [0, 0.1) is 0 Å². The molecule has 0 saturated heterocycles. The third kappa shape index (κ3) is 5.15. The van der Waals surface area contributed by atoms with E-state index in [1.54, 1.807) is 0 Å². The zero-order valence-corrected chi connectivity index (χ0v) is 16.9. The van der Waals surface area contributed by atoms with E-state index >= 15 is 0 Å². The minimum Gasteiger partial charge on any atom is -0.339 e. The number of aromatic nitrogens is 3. The summed E-state index contributed by atoms with van der Waals surface area (Å²) in [6.07, 6.45) is 3.54. The zero-order valence-electron chi connectivity index (χ0n) is 16.9. The lowest BCUT2D eigenvalue weighted by molar-refractivity contribution is 0.419. The fourth-order valence-electron chi connectivity index (χ4n) is 2.23. The van der Waals surface area contributed by atoms with Gasteiger partial charge in [0.25, 0.3) is 0 Å². The van der Waals surface area contributed by atoms with Crippen molar-refractivity contribution in [3.05, 3.63) is 11.6 Å². The number of nitrogens with zero attached hydrogens (tertiary/aromatic N) is 4. The normalized spacial score (nSPS) is 13.3. The molecule has 0 aromatic carbocycles. The van der Waals surface area contributed by atoms with E-state index in [1.165, 1.54) is 12.8 Å². The number of anilines is 1. The van der Waals surface area contributed by atoms with Gasteiger partial charge in [0.05, 0.1) is 0 Å². The molecule has 4 nitrogen and oxygen atoms in total. The zero-order chi connectivity index (χ0) is 18.1. The van der Waals surface area contributed by atoms with Gasteiger partial charge < -0.3 is 4.90 Å². The van der Waals surface area contributed by atoms with Gasteiger partial charge in [0, 0.05) is 23.4 Å². The molecule has 0 atom stereocenters. The maximum Gasteiger partial charge on any atom is 0.229 e. The van der Waals surface area contributed by atoms with E-state index in [2.05, 4.69) is 74.3 Å². The summed E-state index contributed by atoms with van der Waals surface area (Å²) in [7, 11) is 2.10. The van der Waals surface area contributed by atoms with Gasteiger partial charge in [-0.3, -0.25) is 0 Å². The Balaban J connectivity index is 3.35. The van der Waals surface area contributed by atoms with E-state index in [1.807, 2.05) is 0 Å². The van der Waals surface area contributed by atoms with Gasteiger partial charge >= 0.3 is 0 Å². The molecule has 1 aromatic heterocycles. The molecule has 0 aliphatic carbocycles. The minimum absolute atomic E-state index is 0.0294. The molecule has 0 unspecified atom stereocenters. The molecule has 0 spiro atoms. The first-order valence-electron chi connectivity index (χ1n) is 8.80. The Labute approximate surface area is 143 Å². The van der Waals surface area contributed by atoms with E-state index in [4.69, 9.17) is 15.0 Å². The number of hydrogen-bond acceptors (Lipinski definition) is 4. The van der Waals surface area contributed by atoms with Crippen molar-refractivity contribution in [2.24, 2.45) is 0 Å². The SMILES string of the molecule is CCCCC(C)(C)N(C)c1nc(C(C)(C)C)nc(C(C)(C)C)n1. The van der Waals surface area contributed by atoms with E-state index < -0.39 is 0 Å². The van der Waals surface area contributed by atoms with Crippen LogP contribution >= 0.6 is 0 Å². The predicted molar refractivity (Wildman–Crippen MR) is 99.2 cm³/mol. The molecule has 0 aliphatic heterocycles. The highest BCUT2D eigenvalue weighted by molar-refractivity contribution is 5.34. The Kier molecular flexibility index (Phi) is 5.82. The van der Waals surface area contributed by atoms with Crippen molar-refractivity contribution in [3.8, 4) is 0 Å². The Morgan fingerprint density at radius 3 is 1.57 bits per heavy atom. The predicted octanol–water partition coefficient (Wildman–Crippen LogP) is 4.87. The number of unbranched alkanes of at least 4 members (excludes halogenated alkanes) is 1. The van der Waals surface area contributed by atoms with Crippen molar-refractivity contribution in [2.45, 2.75) is 97.9 Å². The number of rotatable bonds is 5. The second kappa shape index (κ2) is 6.74. The lowest BCUT2D eigenvalue weighted by Crippen LogP contribution is -2.43. The topological polar surface area (TPSA) is 41.9 Å². The first kappa shape index (κ1) is 19.9. The Morgan fingerprint density at radius 2 is 1.22 bits per heavy atom. The van der Waals surface area contributed by atoms with Crippen LogP contribution in [0.4, 0.5) is 5.95 Å². The molecule has 1 rings (SSSR count). The van der Waals surface area contributed by atoms with Crippen molar-refractivity contribution in [2.75, 3.05) is 11.9 Å². The molecule has 0 fully saturated rings. The van der Waals surface area contributed by atoms with E-state index in [0.717, 1.165) is 24.0 Å². The van der Waals surface area contributed by atoms with Gasteiger partial charge in [-0.25, -0.2) is 4.98 Å². The molecule has 0 bridgehead atoms. The van der Waals surface area contributed by atoms with E-state index in [0.29, 0.717) is 0 Å². The lowest BCUT2D eigenvalue weighted by atomic mass is 9.93. The van der Waals surface area contributed by atoms with Crippen molar-refractivity contribution in [1.29, 1.82) is 0 Å². The van der Waals surface area contributed by atoms with E-state index in [9.17, 15) is 0 Å². The van der Waals surface area contributed by atoms with E-state index in [-0.39, 0.29) is 16.4 Å². The summed E-state index contributed by atoms with van der Waals surface area (Å²) in [5, 5.41) is 0. The van der Waals surface area contributed by atoms with Crippen molar-refractivity contribution < 1.29 is 0 Å². The average molecular weight is 321 g/mol. The first-order chi connectivity index (χ1) is 10.3. The first-order valence-corrected chi connectivity index (χ1v) is 8.80. The van der Waals surface area contributed by atoms with Crippen LogP contribution in [0.3, 0.4) is 0 Å². The standard InChI is InChI=1S/C19H36N4/c1-11-12-13-19(8,9)23(10)16-21-14(17(2,3)4)20-15(22-16)18(5,6)7/h11-13H2,1-10H3. The maximum absolute atomic E-state index is 4.80. The highest BCUT2D eigenvalue weighted by Crippen LogP contribution is 2.29. The number of hydrogen-bond donors (Lipinski definition) is 0. The largest absolute Gasteiger partial charge is 0.339 e. The van der Waals surface area contributed by atoms with Gasteiger partial charge in [0.15, 0.2) is 0 Å². The van der Waals surface area contributed by atoms with Gasteiger partial charge in [-0.15, -0.1) is 0 Å². The van der Waals surface area contributed by atoms with Crippen LogP contribution in [0.2, 0.25) is 0 Å². The molecule has 0 N–H and O–H groups in total. The van der Waals surface area contributed by atoms with Gasteiger partial charge in [-0.2, -0.15) is 9.97 Å². The summed E-state index contributed by atoms with van der Waals surface area (Å²) in [6, 6.07) is 0. The lowest BCUT2D eigenvalue weighted by Gasteiger charge is -2.37. The smallest absolute Gasteiger partial charge is 0.229 e. The fourth-order valence-corrected chi connectivity index (χ4v) is 2.23. The van der Waals surface area contributed by atoms with Gasteiger partial charge in [-0.1, -0.05) is 61.3 Å². The summed E-state index contributed by atoms with van der Waals surface area (Å²) < 4.78 is 0. The highest BCUT2D eigenvalue weighted by atomic mass is 15.3. The quantitative estimate of drug-likeness (QED) is 0.776. The maximum atomic E-state index is 4.80. The molecule has 1 aromatic rings. The summed E-state index contributed by atoms with van der Waals surface area (Å²) in [5.41, 5.74) is -0.153. The van der Waals surface area contributed by atoms with Crippen LogP contribution < -0.4 is 4.90 Å². The summed E-state index contributed by atoms with van der Waals surface area (Å²) >= 11 is 0. The van der Waals surface area contributed by atoms with Crippen LogP contribution in [-0.2, 0) is 10.8 Å². The molecule has 1 heterocycles. The second-order valence-corrected chi connectivity index (χ2v) is 9.26. The molecule has 0 radical (unpaired) electrons. The van der Waals surface area contributed by atoms with Crippen LogP contribution in [0.15, 0.2) is 0 Å². The van der Waals surface area contributed by atoms with Crippen LogP contribution in [0.5, 0.6) is 0 Å². The molecular formula is C19H36N4. The van der Waals surface area contributed by atoms with Gasteiger partial charge in [0.1, 0.15) is 11.6 Å². The third-order valence-corrected chi connectivity index (χ3v) is 4.32. The average Bonchev–Trinajstić information content (AvgIpc) is 2.42. The molecule has 0 aliphatic rings. The van der Waals surface area contributed by atoms with Crippen LogP contribution in [0.1, 0.15) is 93.2 Å². The van der Waals surface area contributed by atoms with Crippen LogP contribution in [0.25, 0.3) is 0 Å². The second-order valence-electron chi connectivity index (χ2n) is 9.26. The fraction of sp³-hybridized carbons (Fsp3) is 0.842. The summed E-state index contributed by atoms with van der Waals surface area (Å²) in [4.78, 5) is 16.6. The molecule has 4 heteroatoms. The summed E-state index contributed by atoms with van der Waals surface area (Å²) in [5.74, 6) is 2.52. The molecule has 23 heavy (non-hydrogen) atoms. The van der Waals surface area contributed by atoms with Crippen molar-refractivity contribution >= 4 is 5.95 Å². The molecule has 0 amide bonds. The third-order valence-electron chi connectivity index (χ3n) is 4.32.